The zero-order valence-electron chi connectivity index (χ0n) is 20.9. The predicted molar refractivity (Wildman–Crippen MR) is 135 cm³/mol. The number of aliphatic hydroxyl groups is 1. The fourth-order valence-corrected chi connectivity index (χ4v) is 5.64. The zero-order valence-corrected chi connectivity index (χ0v) is 21.6. The van der Waals surface area contributed by atoms with Crippen molar-refractivity contribution in [1.82, 2.24) is 14.8 Å². The summed E-state index contributed by atoms with van der Waals surface area (Å²) >= 11 is 6.00. The summed E-state index contributed by atoms with van der Waals surface area (Å²) in [7, 11) is 0. The van der Waals surface area contributed by atoms with Gasteiger partial charge in [0.2, 0.25) is 5.91 Å². The van der Waals surface area contributed by atoms with Crippen LogP contribution in [0.2, 0.25) is 5.02 Å². The third-order valence-electron chi connectivity index (χ3n) is 7.37. The molecule has 2 aromatic rings. The number of phenols is 1. The minimum absolute atomic E-state index is 0.00743. The smallest absolute Gasteiger partial charge is 0.262 e. The summed E-state index contributed by atoms with van der Waals surface area (Å²) in [4.78, 5) is 35.3. The van der Waals surface area contributed by atoms with Gasteiger partial charge in [0.05, 0.1) is 22.7 Å². The van der Waals surface area contributed by atoms with E-state index in [0.29, 0.717) is 6.42 Å². The number of halogens is 3. The highest BCUT2D eigenvalue weighted by Gasteiger charge is 2.45. The van der Waals surface area contributed by atoms with E-state index in [-0.39, 0.29) is 55.1 Å². The number of hydrogen-bond donors (Lipinski definition) is 2. The number of aliphatic hydroxyl groups excluding tert-OH is 1. The third kappa shape index (κ3) is 4.14. The van der Waals surface area contributed by atoms with Crippen molar-refractivity contribution in [3.05, 3.63) is 47.0 Å². The number of β-amino-alcohol motifs (C(OH)–C–C–N with tert-alkyl or cyclic N) is 1. The number of benzene rings is 1. The van der Waals surface area contributed by atoms with Crippen molar-refractivity contribution >= 4 is 29.2 Å². The van der Waals surface area contributed by atoms with Gasteiger partial charge in [0, 0.05) is 31.7 Å². The number of anilines is 1. The topological polar surface area (TPSA) is 106 Å². The van der Waals surface area contributed by atoms with E-state index in [2.05, 4.69) is 11.6 Å². The number of phenolic OH excluding ortho intramolecular Hbond substituents is 1. The molecule has 1 aromatic heterocycles. The van der Waals surface area contributed by atoms with Crippen molar-refractivity contribution in [3.63, 3.8) is 0 Å². The summed E-state index contributed by atoms with van der Waals surface area (Å²) in [6.45, 7) is 7.69. The van der Waals surface area contributed by atoms with E-state index in [9.17, 15) is 24.2 Å². The molecule has 2 atom stereocenters. The van der Waals surface area contributed by atoms with E-state index < -0.39 is 58.0 Å². The number of hydrogen-bond acceptors (Lipinski definition) is 7. The summed E-state index contributed by atoms with van der Waals surface area (Å²) < 4.78 is 37.0. The van der Waals surface area contributed by atoms with Crippen molar-refractivity contribution in [2.24, 2.45) is 0 Å². The minimum Gasteiger partial charge on any atom is -0.506 e. The van der Waals surface area contributed by atoms with Crippen LogP contribution in [0.4, 0.5) is 14.6 Å². The first-order valence-corrected chi connectivity index (χ1v) is 12.5. The Bertz CT molecular complexity index is 1350. The van der Waals surface area contributed by atoms with Crippen LogP contribution in [0.25, 0.3) is 11.3 Å². The largest absolute Gasteiger partial charge is 0.506 e. The van der Waals surface area contributed by atoms with Crippen LogP contribution in [0, 0.1) is 11.6 Å². The van der Waals surface area contributed by atoms with E-state index in [1.807, 2.05) is 13.8 Å². The molecule has 1 aromatic carbocycles. The fraction of sp³-hybridized carbons (Fsp3) is 0.423. The van der Waals surface area contributed by atoms with Gasteiger partial charge in [0.25, 0.3) is 5.91 Å². The van der Waals surface area contributed by atoms with Crippen molar-refractivity contribution in [1.29, 1.82) is 0 Å². The van der Waals surface area contributed by atoms with Crippen molar-refractivity contribution < 1.29 is 33.3 Å². The number of piperazine rings is 1. The maximum atomic E-state index is 16.1. The molecule has 0 bridgehead atoms. The number of amides is 2. The number of pyridine rings is 1. The Morgan fingerprint density at radius 1 is 1.26 bits per heavy atom. The molecule has 9 nitrogen and oxygen atoms in total. The third-order valence-corrected chi connectivity index (χ3v) is 7.67. The van der Waals surface area contributed by atoms with Gasteiger partial charge in [-0.25, -0.2) is 13.8 Å². The average Bonchev–Trinajstić information content (AvgIpc) is 3.06. The molecule has 3 aliphatic rings. The molecule has 12 heteroatoms. The number of rotatable bonds is 3. The summed E-state index contributed by atoms with van der Waals surface area (Å²) in [5.41, 5.74) is -2.02. The summed E-state index contributed by atoms with van der Waals surface area (Å²) in [6.07, 6.45) is 0.771. The van der Waals surface area contributed by atoms with Crippen LogP contribution in [0.5, 0.6) is 11.5 Å². The highest BCUT2D eigenvalue weighted by atomic mass is 35.5. The molecular weight excluding hydrogens is 522 g/mol. The Balaban J connectivity index is 1.71. The molecule has 3 aliphatic heterocycles. The molecule has 5 rings (SSSR count). The molecule has 2 saturated heterocycles. The Labute approximate surface area is 222 Å². The van der Waals surface area contributed by atoms with Gasteiger partial charge in [-0.3, -0.25) is 9.59 Å². The van der Waals surface area contributed by atoms with Gasteiger partial charge >= 0.3 is 0 Å². The maximum Gasteiger partial charge on any atom is 0.262 e. The quantitative estimate of drug-likeness (QED) is 0.568. The monoisotopic (exact) mass is 548 g/mol. The van der Waals surface area contributed by atoms with E-state index in [0.717, 1.165) is 12.1 Å². The minimum atomic E-state index is -1.13. The van der Waals surface area contributed by atoms with Gasteiger partial charge in [-0.15, -0.1) is 0 Å². The van der Waals surface area contributed by atoms with Crippen molar-refractivity contribution in [2.75, 3.05) is 37.7 Å². The van der Waals surface area contributed by atoms with Gasteiger partial charge in [-0.05, 0) is 38.5 Å². The van der Waals surface area contributed by atoms with Crippen LogP contribution in [-0.2, 0) is 4.79 Å². The molecule has 2 fully saturated rings. The second kappa shape index (κ2) is 9.39. The van der Waals surface area contributed by atoms with Crippen molar-refractivity contribution in [3.8, 4) is 22.8 Å². The fourth-order valence-electron chi connectivity index (χ4n) is 5.49. The lowest BCUT2D eigenvalue weighted by atomic mass is 9.99. The van der Waals surface area contributed by atoms with Gasteiger partial charge in [0.15, 0.2) is 11.6 Å². The molecule has 38 heavy (non-hydrogen) atoms. The molecule has 0 spiro atoms. The maximum absolute atomic E-state index is 16.1. The molecule has 0 aliphatic carbocycles. The lowest BCUT2D eigenvalue weighted by Gasteiger charge is -2.40. The number of carbonyl (C=O) groups excluding carboxylic acids is 2. The Morgan fingerprint density at radius 3 is 2.66 bits per heavy atom. The van der Waals surface area contributed by atoms with E-state index in [1.54, 1.807) is 4.90 Å². The molecular formula is C26H27ClF2N4O5. The van der Waals surface area contributed by atoms with E-state index in [1.165, 1.54) is 15.9 Å². The second-order valence-corrected chi connectivity index (χ2v) is 10.7. The molecule has 0 radical (unpaired) electrons. The Kier molecular flexibility index (Phi) is 6.47. The number of aromatic nitrogens is 1. The lowest BCUT2D eigenvalue weighted by Crippen LogP contribution is -2.57. The molecule has 2 N–H and O–H groups in total. The lowest BCUT2D eigenvalue weighted by molar-refractivity contribution is -0.128. The summed E-state index contributed by atoms with van der Waals surface area (Å²) in [5.74, 6) is -4.12. The molecule has 202 valence electrons. The first kappa shape index (κ1) is 26.2. The average molecular weight is 549 g/mol. The highest BCUT2D eigenvalue weighted by Crippen LogP contribution is 2.46. The zero-order chi connectivity index (χ0) is 27.5. The summed E-state index contributed by atoms with van der Waals surface area (Å²) in [6, 6.07) is 1.52. The Hall–Kier alpha value is -3.44. The van der Waals surface area contributed by atoms with Crippen LogP contribution in [0.3, 0.4) is 0 Å². The van der Waals surface area contributed by atoms with Crippen LogP contribution < -0.4 is 9.64 Å². The first-order chi connectivity index (χ1) is 17.9. The summed E-state index contributed by atoms with van der Waals surface area (Å²) in [5, 5.41) is 20.8. The van der Waals surface area contributed by atoms with Crippen LogP contribution >= 0.6 is 11.6 Å². The van der Waals surface area contributed by atoms with Gasteiger partial charge in [-0.2, -0.15) is 0 Å². The number of fused-ring (bicyclic) bond motifs is 2. The molecule has 2 amide bonds. The highest BCUT2D eigenvalue weighted by molar-refractivity contribution is 6.32. The molecule has 4 heterocycles. The second-order valence-electron chi connectivity index (χ2n) is 10.3. The van der Waals surface area contributed by atoms with Gasteiger partial charge in [-0.1, -0.05) is 18.2 Å². The first-order valence-electron chi connectivity index (χ1n) is 12.2. The number of carbonyl (C=O) groups is 2. The Morgan fingerprint density at radius 2 is 2.00 bits per heavy atom. The number of ether oxygens (including phenoxy) is 1. The SMILES string of the molecule is C=CC(=O)N1CCN2C(=O)c3c(N4C[C@H](O)CC4(C)C)nc(-c4c(F)ccc(Cl)c4O)c(F)c3OCC2C1. The number of aromatic hydroxyl groups is 1. The van der Waals surface area contributed by atoms with Crippen LogP contribution in [0.1, 0.15) is 30.6 Å². The van der Waals surface area contributed by atoms with Crippen LogP contribution in [-0.4, -0.2) is 87.3 Å². The standard InChI is InChI=1S/C26H27ClF2N4O5/c1-4-17(35)31-7-8-32-13(10-31)12-38-23-19(25(32)37)24(33-11-14(34)9-26(33,2)3)30-21(20(23)29)18-16(28)6-5-15(27)22(18)36/h4-6,13-14,34,36H,1,7-12H2,2-3H3/t13?,14-/m1/s1. The van der Waals surface area contributed by atoms with Gasteiger partial charge < -0.3 is 29.6 Å². The molecule has 0 saturated carbocycles. The normalized spacial score (nSPS) is 22.5. The van der Waals surface area contributed by atoms with E-state index >= 15 is 4.39 Å². The number of nitrogens with zero attached hydrogens (tertiary/aromatic N) is 4. The van der Waals surface area contributed by atoms with Crippen molar-refractivity contribution in [2.45, 2.75) is 38.0 Å². The van der Waals surface area contributed by atoms with Gasteiger partial charge in [0.1, 0.15) is 35.2 Å². The molecule has 1 unspecified atom stereocenters. The van der Waals surface area contributed by atoms with E-state index in [4.69, 9.17) is 16.3 Å². The predicted octanol–water partition coefficient (Wildman–Crippen LogP) is 2.97. The van der Waals surface area contributed by atoms with Crippen LogP contribution in [0.15, 0.2) is 24.8 Å².